The molecule has 3 aromatic rings. The van der Waals surface area contributed by atoms with Crippen molar-refractivity contribution in [2.75, 3.05) is 5.32 Å². The summed E-state index contributed by atoms with van der Waals surface area (Å²) in [6.45, 7) is 7.25. The number of amides is 1. The van der Waals surface area contributed by atoms with Crippen molar-refractivity contribution in [2.24, 2.45) is 0 Å². The lowest BCUT2D eigenvalue weighted by Gasteiger charge is -2.19. The molecule has 2 heterocycles. The second kappa shape index (κ2) is 8.50. The maximum absolute atomic E-state index is 13.4. The molecule has 5 rings (SSSR count). The summed E-state index contributed by atoms with van der Waals surface area (Å²) in [5, 5.41) is 2.76. The molecule has 1 N–H and O–H groups in total. The second-order valence-electron chi connectivity index (χ2n) is 10.2. The van der Waals surface area contributed by atoms with Crippen LogP contribution in [0.5, 0.6) is 11.5 Å². The summed E-state index contributed by atoms with van der Waals surface area (Å²) in [7, 11) is 0. The van der Waals surface area contributed by atoms with E-state index < -0.39 is 23.3 Å². The highest BCUT2D eigenvalue weighted by Gasteiger charge is 2.53. The molecule has 0 atom stereocenters. The summed E-state index contributed by atoms with van der Waals surface area (Å²) in [4.78, 5) is 34.3. The average molecular weight is 510 g/mol. The number of ether oxygens (including phenoxy) is 3. The molecule has 1 fully saturated rings. The van der Waals surface area contributed by atoms with Gasteiger partial charge in [-0.05, 0) is 75.9 Å². The number of aromatic nitrogens is 2. The van der Waals surface area contributed by atoms with Crippen molar-refractivity contribution >= 4 is 17.8 Å². The lowest BCUT2D eigenvalue weighted by molar-refractivity contribution is -0.286. The molecule has 8 nitrogen and oxygen atoms in total. The molecule has 1 amide bonds. The van der Waals surface area contributed by atoms with Crippen LogP contribution in [-0.4, -0.2) is 33.7 Å². The van der Waals surface area contributed by atoms with E-state index in [1.54, 1.807) is 57.3 Å². The third-order valence-corrected chi connectivity index (χ3v) is 6.13. The van der Waals surface area contributed by atoms with Gasteiger partial charge >= 0.3 is 12.3 Å². The van der Waals surface area contributed by atoms with Gasteiger partial charge in [0.2, 0.25) is 11.9 Å². The standard InChI is InChI=1S/C27H25F2N3O5/c1-15-14-30-24(31-21(15)16-5-7-17(8-6-16)22(33)37-25(2,3)4)32-23(34)26(11-12-26)18-9-10-19-20(13-18)36-27(28,29)35-19/h5-10,13-14H,11-12H2,1-4H3,(H,30,31,32,34). The Morgan fingerprint density at radius 2 is 1.70 bits per heavy atom. The van der Waals surface area contributed by atoms with Crippen LogP contribution in [-0.2, 0) is 14.9 Å². The highest BCUT2D eigenvalue weighted by molar-refractivity contribution is 6.00. The largest absolute Gasteiger partial charge is 0.586 e. The molecule has 1 aliphatic carbocycles. The van der Waals surface area contributed by atoms with E-state index >= 15 is 0 Å². The fourth-order valence-electron chi connectivity index (χ4n) is 4.14. The summed E-state index contributed by atoms with van der Waals surface area (Å²) >= 11 is 0. The Kier molecular flexibility index (Phi) is 5.65. The number of anilines is 1. The molecule has 2 aliphatic rings. The topological polar surface area (TPSA) is 99.6 Å². The summed E-state index contributed by atoms with van der Waals surface area (Å²) in [6.07, 6.45) is -1.04. The van der Waals surface area contributed by atoms with E-state index in [1.807, 2.05) is 6.92 Å². The van der Waals surface area contributed by atoms with Crippen LogP contribution in [0.2, 0.25) is 0 Å². The Bertz CT molecular complexity index is 1400. The zero-order valence-electron chi connectivity index (χ0n) is 20.7. The number of aryl methyl sites for hydroxylation is 1. The molecule has 1 saturated carbocycles. The van der Waals surface area contributed by atoms with Crippen molar-refractivity contribution in [3.05, 3.63) is 65.4 Å². The molecule has 0 radical (unpaired) electrons. The molecule has 0 spiro atoms. The van der Waals surface area contributed by atoms with E-state index in [0.717, 1.165) is 11.1 Å². The van der Waals surface area contributed by atoms with Crippen molar-refractivity contribution in [1.29, 1.82) is 0 Å². The molecule has 0 bridgehead atoms. The lowest BCUT2D eigenvalue weighted by atomic mass is 9.94. The van der Waals surface area contributed by atoms with Gasteiger partial charge < -0.3 is 14.2 Å². The maximum atomic E-state index is 13.4. The van der Waals surface area contributed by atoms with Gasteiger partial charge in [0.05, 0.1) is 16.7 Å². The van der Waals surface area contributed by atoms with E-state index in [4.69, 9.17) is 4.74 Å². The van der Waals surface area contributed by atoms with Gasteiger partial charge in [-0.3, -0.25) is 10.1 Å². The third kappa shape index (κ3) is 4.96. The SMILES string of the molecule is Cc1cnc(NC(=O)C2(c3ccc4c(c3)OC(F)(F)O4)CC2)nc1-c1ccc(C(=O)OC(C)(C)C)cc1. The minimum absolute atomic E-state index is 0.0749. The molecule has 192 valence electrons. The van der Waals surface area contributed by atoms with Gasteiger partial charge in [0.25, 0.3) is 0 Å². The molecule has 1 aromatic heterocycles. The first kappa shape index (κ1) is 24.6. The van der Waals surface area contributed by atoms with Crippen LogP contribution in [0, 0.1) is 6.92 Å². The fourth-order valence-corrected chi connectivity index (χ4v) is 4.14. The minimum Gasteiger partial charge on any atom is -0.456 e. The number of halogens is 2. The maximum Gasteiger partial charge on any atom is 0.586 e. The number of fused-ring (bicyclic) bond motifs is 1. The van der Waals surface area contributed by atoms with Crippen molar-refractivity contribution in [2.45, 2.75) is 57.8 Å². The Hall–Kier alpha value is -4.08. The predicted octanol–water partition coefficient (Wildman–Crippen LogP) is 5.40. The number of nitrogens with one attached hydrogen (secondary N) is 1. The van der Waals surface area contributed by atoms with Crippen molar-refractivity contribution < 1.29 is 32.6 Å². The number of carbonyl (C=O) groups excluding carboxylic acids is 2. The van der Waals surface area contributed by atoms with Gasteiger partial charge in [-0.25, -0.2) is 14.8 Å². The van der Waals surface area contributed by atoms with E-state index in [1.165, 1.54) is 12.1 Å². The van der Waals surface area contributed by atoms with Crippen molar-refractivity contribution in [1.82, 2.24) is 9.97 Å². The first-order chi connectivity index (χ1) is 17.4. The van der Waals surface area contributed by atoms with Crippen LogP contribution in [0.25, 0.3) is 11.3 Å². The minimum atomic E-state index is -3.73. The van der Waals surface area contributed by atoms with Crippen LogP contribution in [0.3, 0.4) is 0 Å². The average Bonchev–Trinajstić information content (AvgIpc) is 3.56. The van der Waals surface area contributed by atoms with Gasteiger partial charge in [0.15, 0.2) is 11.5 Å². The third-order valence-electron chi connectivity index (χ3n) is 6.13. The highest BCUT2D eigenvalue weighted by atomic mass is 19.3. The smallest absolute Gasteiger partial charge is 0.456 e. The van der Waals surface area contributed by atoms with Crippen molar-refractivity contribution in [3.8, 4) is 22.8 Å². The summed E-state index contributed by atoms with van der Waals surface area (Å²) in [5.74, 6) is -0.832. The van der Waals surface area contributed by atoms with E-state index in [9.17, 15) is 18.4 Å². The van der Waals surface area contributed by atoms with E-state index in [0.29, 0.717) is 29.7 Å². The Balaban J connectivity index is 1.34. The molecular weight excluding hydrogens is 484 g/mol. The summed E-state index contributed by atoms with van der Waals surface area (Å²) in [5.41, 5.74) is 1.58. The van der Waals surface area contributed by atoms with Gasteiger partial charge in [-0.1, -0.05) is 18.2 Å². The second-order valence-corrected chi connectivity index (χ2v) is 10.2. The number of esters is 1. The monoisotopic (exact) mass is 509 g/mol. The molecule has 2 aromatic carbocycles. The molecule has 0 unspecified atom stereocenters. The predicted molar refractivity (Wildman–Crippen MR) is 130 cm³/mol. The van der Waals surface area contributed by atoms with Gasteiger partial charge in [-0.2, -0.15) is 0 Å². The molecule has 37 heavy (non-hydrogen) atoms. The molecular formula is C27H25F2N3O5. The van der Waals surface area contributed by atoms with Crippen LogP contribution in [0.15, 0.2) is 48.7 Å². The zero-order chi connectivity index (χ0) is 26.6. The molecule has 1 aliphatic heterocycles. The Labute approximate surface area is 212 Å². The summed E-state index contributed by atoms with van der Waals surface area (Å²) in [6, 6.07) is 11.2. The number of carbonyl (C=O) groups is 2. The van der Waals surface area contributed by atoms with Crippen molar-refractivity contribution in [3.63, 3.8) is 0 Å². The zero-order valence-corrected chi connectivity index (χ0v) is 20.7. The number of alkyl halides is 2. The van der Waals surface area contributed by atoms with Gasteiger partial charge in [-0.15, -0.1) is 8.78 Å². The number of nitrogens with zero attached hydrogens (tertiary/aromatic N) is 2. The van der Waals surface area contributed by atoms with Crippen LogP contribution in [0.4, 0.5) is 14.7 Å². The lowest BCUT2D eigenvalue weighted by Crippen LogP contribution is -2.28. The van der Waals surface area contributed by atoms with Crippen LogP contribution in [0.1, 0.15) is 55.1 Å². The Morgan fingerprint density at radius 1 is 1.03 bits per heavy atom. The van der Waals surface area contributed by atoms with E-state index in [2.05, 4.69) is 24.8 Å². The molecule has 10 heteroatoms. The number of hydrogen-bond donors (Lipinski definition) is 1. The van der Waals surface area contributed by atoms with Gasteiger partial charge in [0, 0.05) is 11.8 Å². The fraction of sp³-hybridized carbons (Fsp3) is 0.333. The molecule has 0 saturated heterocycles. The number of benzene rings is 2. The van der Waals surface area contributed by atoms with Crippen LogP contribution < -0.4 is 14.8 Å². The van der Waals surface area contributed by atoms with Crippen LogP contribution >= 0.6 is 0 Å². The van der Waals surface area contributed by atoms with Gasteiger partial charge in [0.1, 0.15) is 5.60 Å². The number of rotatable bonds is 5. The first-order valence-electron chi connectivity index (χ1n) is 11.7. The highest BCUT2D eigenvalue weighted by Crippen LogP contribution is 2.52. The first-order valence-corrected chi connectivity index (χ1v) is 11.7. The summed E-state index contributed by atoms with van der Waals surface area (Å²) < 4.78 is 41.2. The Morgan fingerprint density at radius 3 is 2.35 bits per heavy atom. The normalized spacial score (nSPS) is 16.7. The number of hydrogen-bond acceptors (Lipinski definition) is 7. The quantitative estimate of drug-likeness (QED) is 0.460. The van der Waals surface area contributed by atoms with E-state index in [-0.39, 0.29) is 23.4 Å².